The third-order valence-electron chi connectivity index (χ3n) is 5.42. The number of hydrogen-bond acceptors (Lipinski definition) is 5. The number of rotatable bonds is 6. The lowest BCUT2D eigenvalue weighted by molar-refractivity contribution is 0.184. The second-order valence-electron chi connectivity index (χ2n) is 7.64. The van der Waals surface area contributed by atoms with E-state index in [0.717, 1.165) is 25.3 Å². The van der Waals surface area contributed by atoms with E-state index in [1.165, 1.54) is 19.3 Å². The fourth-order valence-electron chi connectivity index (χ4n) is 3.94. The average molecular weight is 393 g/mol. The Hall–Kier alpha value is -2.70. The van der Waals surface area contributed by atoms with Crippen molar-refractivity contribution < 1.29 is 4.74 Å². The van der Waals surface area contributed by atoms with E-state index in [4.69, 9.17) is 15.5 Å². The van der Waals surface area contributed by atoms with Crippen LogP contribution in [0.4, 0.5) is 0 Å². The fraction of sp³-hybridized carbons (Fsp3) is 0.391. The Bertz CT molecular complexity index is 1020. The van der Waals surface area contributed by atoms with Gasteiger partial charge < -0.3 is 10.5 Å². The third-order valence-corrected chi connectivity index (χ3v) is 5.42. The number of hydrogen-bond donors (Lipinski definition) is 1. The summed E-state index contributed by atoms with van der Waals surface area (Å²) in [6, 6.07) is 14.7. The van der Waals surface area contributed by atoms with Crippen molar-refractivity contribution in [3.05, 3.63) is 64.7 Å². The standard InChI is InChI=1S/C23H28N4O2/c1-17(24)22-25-19-11-8-12-20(29-16-15-26-13-6-3-7-14-26)21(19)23(28)27(22)18-9-4-2-5-10-18/h2,4-5,8-12,17H,3,6-7,13-16,24H2,1H3/t17-/m0/s1. The van der Waals surface area contributed by atoms with Crippen LogP contribution in [0.15, 0.2) is 53.3 Å². The molecule has 0 amide bonds. The van der Waals surface area contributed by atoms with Crippen molar-refractivity contribution in [1.82, 2.24) is 14.5 Å². The third kappa shape index (κ3) is 4.18. The number of piperidine rings is 1. The first kappa shape index (κ1) is 19.6. The quantitative estimate of drug-likeness (QED) is 0.697. The molecular weight excluding hydrogens is 364 g/mol. The van der Waals surface area contributed by atoms with Gasteiger partial charge in [0.2, 0.25) is 0 Å². The van der Waals surface area contributed by atoms with Gasteiger partial charge in [0.15, 0.2) is 0 Å². The summed E-state index contributed by atoms with van der Waals surface area (Å²) < 4.78 is 7.67. The molecule has 0 spiro atoms. The van der Waals surface area contributed by atoms with Gasteiger partial charge in [-0.15, -0.1) is 0 Å². The first-order chi connectivity index (χ1) is 14.1. The molecule has 1 aliphatic rings. The van der Waals surface area contributed by atoms with E-state index in [1.54, 1.807) is 4.57 Å². The zero-order valence-electron chi connectivity index (χ0n) is 16.9. The van der Waals surface area contributed by atoms with Crippen LogP contribution in [-0.4, -0.2) is 40.7 Å². The molecule has 1 aromatic heterocycles. The van der Waals surface area contributed by atoms with Crippen LogP contribution in [0.5, 0.6) is 5.75 Å². The largest absolute Gasteiger partial charge is 0.491 e. The summed E-state index contributed by atoms with van der Waals surface area (Å²) in [5, 5.41) is 0.499. The highest BCUT2D eigenvalue weighted by Gasteiger charge is 2.18. The Balaban J connectivity index is 1.72. The highest BCUT2D eigenvalue weighted by Crippen LogP contribution is 2.24. The number of nitrogens with zero attached hydrogens (tertiary/aromatic N) is 3. The van der Waals surface area contributed by atoms with E-state index in [-0.39, 0.29) is 11.6 Å². The Morgan fingerprint density at radius 2 is 1.83 bits per heavy atom. The minimum Gasteiger partial charge on any atom is -0.491 e. The lowest BCUT2D eigenvalue weighted by Crippen LogP contribution is -2.33. The molecule has 0 aliphatic carbocycles. The SMILES string of the molecule is C[C@H](N)c1nc2cccc(OCCN3CCCCC3)c2c(=O)n1-c1ccccc1. The van der Waals surface area contributed by atoms with Crippen molar-refractivity contribution in [3.8, 4) is 11.4 Å². The number of fused-ring (bicyclic) bond motifs is 1. The normalized spacial score (nSPS) is 16.1. The van der Waals surface area contributed by atoms with E-state index in [2.05, 4.69) is 4.90 Å². The molecule has 1 aliphatic heterocycles. The molecule has 2 heterocycles. The Kier molecular flexibility index (Phi) is 5.92. The molecule has 0 radical (unpaired) electrons. The van der Waals surface area contributed by atoms with Crippen LogP contribution >= 0.6 is 0 Å². The fourth-order valence-corrected chi connectivity index (χ4v) is 3.94. The predicted octanol–water partition coefficient (Wildman–Crippen LogP) is 3.27. The molecule has 1 atom stereocenters. The van der Waals surface area contributed by atoms with E-state index in [1.807, 2.05) is 55.5 Å². The van der Waals surface area contributed by atoms with Crippen molar-refractivity contribution >= 4 is 10.9 Å². The van der Waals surface area contributed by atoms with Gasteiger partial charge in [-0.3, -0.25) is 14.3 Å². The molecule has 152 valence electrons. The van der Waals surface area contributed by atoms with Crippen molar-refractivity contribution in [2.24, 2.45) is 5.73 Å². The molecule has 4 rings (SSSR count). The summed E-state index contributed by atoms with van der Waals surface area (Å²) in [5.74, 6) is 1.12. The molecular formula is C23H28N4O2. The lowest BCUT2D eigenvalue weighted by atomic mass is 10.1. The Morgan fingerprint density at radius 3 is 2.55 bits per heavy atom. The van der Waals surface area contributed by atoms with Gasteiger partial charge >= 0.3 is 0 Å². The molecule has 2 N–H and O–H groups in total. The molecule has 6 nitrogen and oxygen atoms in total. The maximum atomic E-state index is 13.5. The molecule has 0 saturated carbocycles. The number of likely N-dealkylation sites (tertiary alicyclic amines) is 1. The highest BCUT2D eigenvalue weighted by molar-refractivity contribution is 5.84. The smallest absolute Gasteiger partial charge is 0.269 e. The minimum absolute atomic E-state index is 0.151. The molecule has 0 bridgehead atoms. The van der Waals surface area contributed by atoms with E-state index < -0.39 is 0 Å². The van der Waals surface area contributed by atoms with Gasteiger partial charge in [-0.05, 0) is 57.1 Å². The van der Waals surface area contributed by atoms with Gasteiger partial charge in [-0.2, -0.15) is 0 Å². The van der Waals surface area contributed by atoms with Crippen molar-refractivity contribution in [2.75, 3.05) is 26.2 Å². The molecule has 6 heteroatoms. The summed E-state index contributed by atoms with van der Waals surface area (Å²) in [6.07, 6.45) is 3.81. The molecule has 3 aromatic rings. The molecule has 2 aromatic carbocycles. The van der Waals surface area contributed by atoms with Crippen molar-refractivity contribution in [3.63, 3.8) is 0 Å². The Labute approximate surface area is 170 Å². The zero-order chi connectivity index (χ0) is 20.2. The van der Waals surface area contributed by atoms with Gasteiger partial charge in [-0.25, -0.2) is 4.98 Å². The summed E-state index contributed by atoms with van der Waals surface area (Å²) in [7, 11) is 0. The van der Waals surface area contributed by atoms with E-state index in [9.17, 15) is 4.79 Å². The van der Waals surface area contributed by atoms with Crippen LogP contribution in [0.3, 0.4) is 0 Å². The number of para-hydroxylation sites is 1. The second kappa shape index (κ2) is 8.76. The summed E-state index contributed by atoms with van der Waals surface area (Å²) in [5.41, 5.74) is 7.37. The van der Waals surface area contributed by atoms with Crippen molar-refractivity contribution in [2.45, 2.75) is 32.2 Å². The van der Waals surface area contributed by atoms with Gasteiger partial charge in [-0.1, -0.05) is 30.7 Å². The van der Waals surface area contributed by atoms with Crippen LogP contribution in [0, 0.1) is 0 Å². The topological polar surface area (TPSA) is 73.4 Å². The molecule has 1 fully saturated rings. The van der Waals surface area contributed by atoms with Gasteiger partial charge in [0.25, 0.3) is 5.56 Å². The average Bonchev–Trinajstić information content (AvgIpc) is 2.75. The first-order valence-corrected chi connectivity index (χ1v) is 10.4. The maximum absolute atomic E-state index is 13.5. The summed E-state index contributed by atoms with van der Waals surface area (Å²) >= 11 is 0. The number of ether oxygens (including phenoxy) is 1. The number of nitrogens with two attached hydrogens (primary N) is 1. The minimum atomic E-state index is -0.379. The Morgan fingerprint density at radius 1 is 1.07 bits per heavy atom. The summed E-state index contributed by atoms with van der Waals surface area (Å²) in [4.78, 5) is 20.7. The molecule has 1 saturated heterocycles. The van der Waals surface area contributed by atoms with Gasteiger partial charge in [0, 0.05) is 6.54 Å². The van der Waals surface area contributed by atoms with E-state index in [0.29, 0.717) is 29.1 Å². The molecule has 29 heavy (non-hydrogen) atoms. The van der Waals surface area contributed by atoms with Crippen molar-refractivity contribution in [1.29, 1.82) is 0 Å². The number of aromatic nitrogens is 2. The predicted molar refractivity (Wildman–Crippen MR) is 116 cm³/mol. The van der Waals surface area contributed by atoms with Crippen LogP contribution in [-0.2, 0) is 0 Å². The summed E-state index contributed by atoms with van der Waals surface area (Å²) in [6.45, 7) is 5.51. The monoisotopic (exact) mass is 392 g/mol. The first-order valence-electron chi connectivity index (χ1n) is 10.4. The molecule has 0 unspecified atom stereocenters. The van der Waals surface area contributed by atoms with Crippen LogP contribution in [0.1, 0.15) is 38.1 Å². The maximum Gasteiger partial charge on any atom is 0.269 e. The van der Waals surface area contributed by atoms with Gasteiger partial charge in [0.05, 0.1) is 17.2 Å². The van der Waals surface area contributed by atoms with Crippen LogP contribution < -0.4 is 16.0 Å². The lowest BCUT2D eigenvalue weighted by Gasteiger charge is -2.26. The van der Waals surface area contributed by atoms with Crippen LogP contribution in [0.25, 0.3) is 16.6 Å². The number of benzene rings is 2. The zero-order valence-corrected chi connectivity index (χ0v) is 16.9. The van der Waals surface area contributed by atoms with E-state index >= 15 is 0 Å². The second-order valence-corrected chi connectivity index (χ2v) is 7.64. The van der Waals surface area contributed by atoms with Gasteiger partial charge in [0.1, 0.15) is 23.6 Å². The highest BCUT2D eigenvalue weighted by atomic mass is 16.5. The van der Waals surface area contributed by atoms with Crippen LogP contribution in [0.2, 0.25) is 0 Å².